The van der Waals surface area contributed by atoms with Gasteiger partial charge in [-0.2, -0.15) is 0 Å². The van der Waals surface area contributed by atoms with Crippen LogP contribution >= 0.6 is 0 Å². The first kappa shape index (κ1) is 13.7. The summed E-state index contributed by atoms with van der Waals surface area (Å²) in [5.41, 5.74) is 1.95. The fraction of sp³-hybridized carbons (Fsp3) is 0.500. The minimum absolute atomic E-state index is 0.221. The van der Waals surface area contributed by atoms with Crippen molar-refractivity contribution in [1.82, 2.24) is 5.32 Å². The van der Waals surface area contributed by atoms with Gasteiger partial charge in [0.25, 0.3) is 0 Å². The van der Waals surface area contributed by atoms with Gasteiger partial charge in [0.1, 0.15) is 0 Å². The molecule has 1 heterocycles. The molecule has 104 valence electrons. The molecule has 0 spiro atoms. The first-order chi connectivity index (χ1) is 9.08. The highest BCUT2D eigenvalue weighted by Gasteiger charge is 2.29. The zero-order valence-electron chi connectivity index (χ0n) is 11.4. The van der Waals surface area contributed by atoms with E-state index in [0.29, 0.717) is 12.2 Å². The molecule has 1 aliphatic rings. The Morgan fingerprint density at radius 1 is 1.42 bits per heavy atom. The summed E-state index contributed by atoms with van der Waals surface area (Å²) in [7, 11) is 1.78. The smallest absolute Gasteiger partial charge is 0.308 e. The molecule has 2 rings (SSSR count). The number of benzene rings is 1. The zero-order chi connectivity index (χ0) is 14.0. The molecular weight excluding hydrogens is 246 g/mol. The molecule has 0 amide bonds. The summed E-state index contributed by atoms with van der Waals surface area (Å²) in [6.45, 7) is 4.06. The molecule has 1 aromatic carbocycles. The zero-order valence-corrected chi connectivity index (χ0v) is 11.4. The predicted octanol–water partition coefficient (Wildman–Crippen LogP) is 2.10. The van der Waals surface area contributed by atoms with E-state index in [4.69, 9.17) is 9.47 Å². The van der Waals surface area contributed by atoms with Crippen LogP contribution in [0.15, 0.2) is 12.1 Å². The van der Waals surface area contributed by atoms with Crippen molar-refractivity contribution in [3.8, 4) is 11.5 Å². The maximum Gasteiger partial charge on any atom is 0.308 e. The van der Waals surface area contributed by atoms with Crippen LogP contribution in [0.25, 0.3) is 0 Å². The second kappa shape index (κ2) is 5.48. The van der Waals surface area contributed by atoms with E-state index in [1.807, 2.05) is 26.0 Å². The SMILES string of the molecule is CCC(C(=O)O)C(NC)c1cc2c(cc1C)OCO2. The molecule has 0 bridgehead atoms. The average Bonchev–Trinajstić information content (AvgIpc) is 2.81. The van der Waals surface area contributed by atoms with Gasteiger partial charge in [-0.05, 0) is 43.7 Å². The number of aryl methyl sites for hydroxylation is 1. The molecule has 2 N–H and O–H groups in total. The maximum absolute atomic E-state index is 11.4. The van der Waals surface area contributed by atoms with Gasteiger partial charge in [-0.25, -0.2) is 0 Å². The highest BCUT2D eigenvalue weighted by Crippen LogP contribution is 2.38. The quantitative estimate of drug-likeness (QED) is 0.853. The summed E-state index contributed by atoms with van der Waals surface area (Å²) < 4.78 is 10.7. The third kappa shape index (κ3) is 2.51. The van der Waals surface area contributed by atoms with Crippen LogP contribution in [0.3, 0.4) is 0 Å². The average molecular weight is 265 g/mol. The van der Waals surface area contributed by atoms with Crippen molar-refractivity contribution in [2.45, 2.75) is 26.3 Å². The Balaban J connectivity index is 2.40. The Labute approximate surface area is 112 Å². The molecule has 1 aromatic rings. The summed E-state index contributed by atoms with van der Waals surface area (Å²) >= 11 is 0. The lowest BCUT2D eigenvalue weighted by atomic mass is 9.88. The first-order valence-electron chi connectivity index (χ1n) is 6.38. The Morgan fingerprint density at radius 2 is 2.05 bits per heavy atom. The first-order valence-corrected chi connectivity index (χ1v) is 6.38. The number of carbonyl (C=O) groups is 1. The lowest BCUT2D eigenvalue weighted by molar-refractivity contribution is -0.143. The number of hydrogen-bond acceptors (Lipinski definition) is 4. The van der Waals surface area contributed by atoms with E-state index >= 15 is 0 Å². The molecular formula is C14H19NO4. The third-order valence-corrected chi connectivity index (χ3v) is 3.57. The van der Waals surface area contributed by atoms with E-state index in [2.05, 4.69) is 5.32 Å². The molecule has 1 aliphatic heterocycles. The molecule has 0 aromatic heterocycles. The van der Waals surface area contributed by atoms with Gasteiger partial charge in [-0.3, -0.25) is 4.79 Å². The van der Waals surface area contributed by atoms with Gasteiger partial charge in [-0.15, -0.1) is 0 Å². The van der Waals surface area contributed by atoms with Crippen LogP contribution in [0.5, 0.6) is 11.5 Å². The van der Waals surface area contributed by atoms with Crippen LogP contribution in [0.2, 0.25) is 0 Å². The topological polar surface area (TPSA) is 67.8 Å². The minimum atomic E-state index is -0.793. The minimum Gasteiger partial charge on any atom is -0.481 e. The van der Waals surface area contributed by atoms with Gasteiger partial charge < -0.3 is 19.9 Å². The molecule has 5 nitrogen and oxygen atoms in total. The number of aliphatic carboxylic acids is 1. The molecule has 0 saturated carbocycles. The molecule has 2 atom stereocenters. The fourth-order valence-electron chi connectivity index (χ4n) is 2.52. The Hall–Kier alpha value is -1.75. The molecule has 0 saturated heterocycles. The predicted molar refractivity (Wildman–Crippen MR) is 70.5 cm³/mol. The summed E-state index contributed by atoms with van der Waals surface area (Å²) in [5.74, 6) is 0.142. The van der Waals surface area contributed by atoms with Crippen LogP contribution in [0.1, 0.15) is 30.5 Å². The third-order valence-electron chi connectivity index (χ3n) is 3.57. The lowest BCUT2D eigenvalue weighted by Gasteiger charge is -2.24. The summed E-state index contributed by atoms with van der Waals surface area (Å²) in [6, 6.07) is 3.54. The van der Waals surface area contributed by atoms with Crippen molar-refractivity contribution in [3.05, 3.63) is 23.3 Å². The van der Waals surface area contributed by atoms with Crippen molar-refractivity contribution in [2.75, 3.05) is 13.8 Å². The Bertz CT molecular complexity index is 487. The molecule has 0 fully saturated rings. The molecule has 5 heteroatoms. The van der Waals surface area contributed by atoms with Crippen molar-refractivity contribution in [2.24, 2.45) is 5.92 Å². The summed E-state index contributed by atoms with van der Waals surface area (Å²) in [6.07, 6.45) is 0.564. The molecule has 0 aliphatic carbocycles. The number of nitrogens with one attached hydrogen (secondary N) is 1. The molecule has 2 unspecified atom stereocenters. The summed E-state index contributed by atoms with van der Waals surface area (Å²) in [4.78, 5) is 11.4. The van der Waals surface area contributed by atoms with Gasteiger partial charge in [0.15, 0.2) is 11.5 Å². The normalized spacial score (nSPS) is 16.2. The van der Waals surface area contributed by atoms with Gasteiger partial charge in [-0.1, -0.05) is 6.92 Å². The largest absolute Gasteiger partial charge is 0.481 e. The van der Waals surface area contributed by atoms with Crippen LogP contribution in [-0.4, -0.2) is 24.9 Å². The van der Waals surface area contributed by atoms with E-state index in [0.717, 1.165) is 16.9 Å². The number of hydrogen-bond donors (Lipinski definition) is 2. The summed E-state index contributed by atoms with van der Waals surface area (Å²) in [5, 5.41) is 12.4. The highest BCUT2D eigenvalue weighted by atomic mass is 16.7. The highest BCUT2D eigenvalue weighted by molar-refractivity contribution is 5.71. The number of rotatable bonds is 5. The van der Waals surface area contributed by atoms with Crippen LogP contribution < -0.4 is 14.8 Å². The maximum atomic E-state index is 11.4. The second-order valence-electron chi connectivity index (χ2n) is 4.68. The van der Waals surface area contributed by atoms with Crippen LogP contribution in [0.4, 0.5) is 0 Å². The molecule has 19 heavy (non-hydrogen) atoms. The fourth-order valence-corrected chi connectivity index (χ4v) is 2.52. The van der Waals surface area contributed by atoms with E-state index in [1.165, 1.54) is 0 Å². The monoisotopic (exact) mass is 265 g/mol. The van der Waals surface area contributed by atoms with Crippen LogP contribution in [-0.2, 0) is 4.79 Å². The lowest BCUT2D eigenvalue weighted by Crippen LogP contribution is -2.31. The number of fused-ring (bicyclic) bond motifs is 1. The Kier molecular flexibility index (Phi) is 3.95. The van der Waals surface area contributed by atoms with E-state index in [1.54, 1.807) is 7.05 Å². The van der Waals surface area contributed by atoms with Gasteiger partial charge in [0.05, 0.1) is 5.92 Å². The number of carboxylic acids is 1. The van der Waals surface area contributed by atoms with Crippen LogP contribution in [0, 0.1) is 12.8 Å². The van der Waals surface area contributed by atoms with Crippen molar-refractivity contribution in [1.29, 1.82) is 0 Å². The molecule has 0 radical (unpaired) electrons. The van der Waals surface area contributed by atoms with Crippen molar-refractivity contribution in [3.63, 3.8) is 0 Å². The van der Waals surface area contributed by atoms with E-state index in [9.17, 15) is 9.90 Å². The van der Waals surface area contributed by atoms with Gasteiger partial charge >= 0.3 is 5.97 Å². The van der Waals surface area contributed by atoms with Crippen molar-refractivity contribution < 1.29 is 19.4 Å². The van der Waals surface area contributed by atoms with Crippen molar-refractivity contribution >= 4 is 5.97 Å². The number of carboxylic acid groups (broad SMARTS) is 1. The Morgan fingerprint density at radius 3 is 2.58 bits per heavy atom. The van der Waals surface area contributed by atoms with E-state index in [-0.39, 0.29) is 12.8 Å². The second-order valence-corrected chi connectivity index (χ2v) is 4.68. The van der Waals surface area contributed by atoms with E-state index < -0.39 is 11.9 Å². The number of ether oxygens (including phenoxy) is 2. The standard InChI is InChI=1S/C14H19NO4/c1-4-9(14(16)17)13(15-3)10-6-12-11(5-8(10)2)18-7-19-12/h5-6,9,13,15H,4,7H2,1-3H3,(H,16,17). The van der Waals surface area contributed by atoms with Gasteiger partial charge in [0, 0.05) is 6.04 Å². The van der Waals surface area contributed by atoms with Gasteiger partial charge in [0.2, 0.25) is 6.79 Å².